The van der Waals surface area contributed by atoms with E-state index in [2.05, 4.69) is 22.8 Å². The highest BCUT2D eigenvalue weighted by atomic mass is 15.3. The molecule has 0 unspecified atom stereocenters. The second-order valence-electron chi connectivity index (χ2n) is 3.32. The SMILES string of the molecule is CCN1CCN(C2=CC2)CC1. The number of hydrogen-bond donors (Lipinski definition) is 0. The van der Waals surface area contributed by atoms with Gasteiger partial charge in [0.15, 0.2) is 0 Å². The number of hydrogen-bond acceptors (Lipinski definition) is 2. The molecule has 0 aromatic heterocycles. The quantitative estimate of drug-likeness (QED) is 0.580. The van der Waals surface area contributed by atoms with Crippen LogP contribution in [0.4, 0.5) is 0 Å². The van der Waals surface area contributed by atoms with E-state index in [-0.39, 0.29) is 0 Å². The Kier molecular flexibility index (Phi) is 1.86. The molecule has 0 aromatic rings. The Morgan fingerprint density at radius 1 is 1.27 bits per heavy atom. The topological polar surface area (TPSA) is 6.48 Å². The zero-order valence-electron chi connectivity index (χ0n) is 7.21. The van der Waals surface area contributed by atoms with Crippen LogP contribution in [0.25, 0.3) is 0 Å². The van der Waals surface area contributed by atoms with E-state index in [1.54, 1.807) is 5.70 Å². The fraction of sp³-hybridized carbons (Fsp3) is 0.778. The summed E-state index contributed by atoms with van der Waals surface area (Å²) in [5.41, 5.74) is 1.58. The minimum atomic E-state index is 1.22. The molecule has 2 rings (SSSR count). The Bertz CT molecular complexity index is 166. The van der Waals surface area contributed by atoms with Crippen molar-refractivity contribution in [3.8, 4) is 0 Å². The minimum absolute atomic E-state index is 1.22. The molecule has 0 radical (unpaired) electrons. The summed E-state index contributed by atoms with van der Waals surface area (Å²) in [6, 6.07) is 0. The molecule has 1 fully saturated rings. The minimum Gasteiger partial charge on any atom is -0.372 e. The van der Waals surface area contributed by atoms with Crippen LogP contribution in [0.1, 0.15) is 13.3 Å². The average Bonchev–Trinajstić information content (AvgIpc) is 2.87. The number of rotatable bonds is 2. The molecule has 0 saturated carbocycles. The Hall–Kier alpha value is -0.500. The van der Waals surface area contributed by atoms with E-state index in [1.165, 1.54) is 39.1 Å². The molecule has 1 saturated heterocycles. The molecular formula is C9H16N2. The molecule has 1 heterocycles. The standard InChI is InChI=1S/C9H16N2/c1-2-10-5-7-11(8-6-10)9-3-4-9/h3H,2,4-8H2,1H3. The van der Waals surface area contributed by atoms with Gasteiger partial charge in [0.1, 0.15) is 0 Å². The maximum absolute atomic E-state index is 2.52. The van der Waals surface area contributed by atoms with Crippen molar-refractivity contribution in [3.63, 3.8) is 0 Å². The summed E-state index contributed by atoms with van der Waals surface area (Å²) in [5, 5.41) is 0. The van der Waals surface area contributed by atoms with Crippen molar-refractivity contribution in [2.24, 2.45) is 0 Å². The van der Waals surface area contributed by atoms with Gasteiger partial charge in [0, 0.05) is 38.3 Å². The third-order valence-electron chi connectivity index (χ3n) is 2.61. The van der Waals surface area contributed by atoms with Gasteiger partial charge < -0.3 is 9.80 Å². The normalized spacial score (nSPS) is 25.2. The summed E-state index contributed by atoms with van der Waals surface area (Å²) in [6.45, 7) is 8.47. The van der Waals surface area contributed by atoms with Crippen LogP contribution >= 0.6 is 0 Å². The van der Waals surface area contributed by atoms with Crippen LogP contribution in [0.15, 0.2) is 11.8 Å². The van der Waals surface area contributed by atoms with Crippen molar-refractivity contribution in [2.45, 2.75) is 13.3 Å². The van der Waals surface area contributed by atoms with Crippen LogP contribution in [0.2, 0.25) is 0 Å². The third-order valence-corrected chi connectivity index (χ3v) is 2.61. The summed E-state index contributed by atoms with van der Waals surface area (Å²) in [5.74, 6) is 0. The van der Waals surface area contributed by atoms with E-state index in [0.29, 0.717) is 0 Å². The van der Waals surface area contributed by atoms with Gasteiger partial charge in [-0.05, 0) is 6.54 Å². The molecular weight excluding hydrogens is 136 g/mol. The Morgan fingerprint density at radius 3 is 2.36 bits per heavy atom. The zero-order chi connectivity index (χ0) is 7.68. The van der Waals surface area contributed by atoms with E-state index in [1.807, 2.05) is 0 Å². The van der Waals surface area contributed by atoms with Crippen molar-refractivity contribution >= 4 is 0 Å². The first-order valence-corrected chi connectivity index (χ1v) is 4.56. The van der Waals surface area contributed by atoms with E-state index in [0.717, 1.165) is 0 Å². The fourth-order valence-electron chi connectivity index (χ4n) is 1.66. The van der Waals surface area contributed by atoms with Gasteiger partial charge in [-0.2, -0.15) is 0 Å². The summed E-state index contributed by atoms with van der Waals surface area (Å²) >= 11 is 0. The van der Waals surface area contributed by atoms with Crippen LogP contribution in [0, 0.1) is 0 Å². The summed E-state index contributed by atoms with van der Waals surface area (Å²) < 4.78 is 0. The first kappa shape index (κ1) is 7.17. The summed E-state index contributed by atoms with van der Waals surface area (Å²) in [7, 11) is 0. The summed E-state index contributed by atoms with van der Waals surface area (Å²) in [6.07, 6.45) is 3.58. The van der Waals surface area contributed by atoms with Crippen LogP contribution in [0.3, 0.4) is 0 Å². The van der Waals surface area contributed by atoms with Crippen molar-refractivity contribution in [2.75, 3.05) is 32.7 Å². The lowest BCUT2D eigenvalue weighted by atomic mass is 10.3. The van der Waals surface area contributed by atoms with Crippen molar-refractivity contribution < 1.29 is 0 Å². The first-order chi connectivity index (χ1) is 5.40. The molecule has 2 heteroatoms. The van der Waals surface area contributed by atoms with E-state index in [4.69, 9.17) is 0 Å². The van der Waals surface area contributed by atoms with Crippen LogP contribution in [-0.2, 0) is 0 Å². The second kappa shape index (κ2) is 2.86. The lowest BCUT2D eigenvalue weighted by molar-refractivity contribution is 0.169. The van der Waals surface area contributed by atoms with Gasteiger partial charge in [-0.15, -0.1) is 0 Å². The Balaban J connectivity index is 1.79. The monoisotopic (exact) mass is 152 g/mol. The number of allylic oxidation sites excluding steroid dienone is 2. The van der Waals surface area contributed by atoms with Gasteiger partial charge in [0.2, 0.25) is 0 Å². The molecule has 0 N–H and O–H groups in total. The molecule has 0 amide bonds. The molecule has 0 aromatic carbocycles. The molecule has 2 aliphatic rings. The zero-order valence-corrected chi connectivity index (χ0v) is 7.21. The Morgan fingerprint density at radius 2 is 1.91 bits per heavy atom. The number of likely N-dealkylation sites (N-methyl/N-ethyl adjacent to an activating group) is 1. The number of piperazine rings is 1. The lowest BCUT2D eigenvalue weighted by Gasteiger charge is -2.34. The average molecular weight is 152 g/mol. The van der Waals surface area contributed by atoms with E-state index < -0.39 is 0 Å². The van der Waals surface area contributed by atoms with E-state index in [9.17, 15) is 0 Å². The van der Waals surface area contributed by atoms with Crippen molar-refractivity contribution in [3.05, 3.63) is 11.8 Å². The van der Waals surface area contributed by atoms with Crippen LogP contribution in [-0.4, -0.2) is 42.5 Å². The summed E-state index contributed by atoms with van der Waals surface area (Å²) in [4.78, 5) is 5.03. The highest BCUT2D eigenvalue weighted by Crippen LogP contribution is 2.23. The number of nitrogens with zero attached hydrogens (tertiary/aromatic N) is 2. The van der Waals surface area contributed by atoms with Gasteiger partial charge in [0.05, 0.1) is 0 Å². The van der Waals surface area contributed by atoms with Crippen molar-refractivity contribution in [1.82, 2.24) is 9.80 Å². The van der Waals surface area contributed by atoms with Crippen LogP contribution < -0.4 is 0 Å². The van der Waals surface area contributed by atoms with Gasteiger partial charge >= 0.3 is 0 Å². The van der Waals surface area contributed by atoms with Crippen LogP contribution in [0.5, 0.6) is 0 Å². The predicted octanol–water partition coefficient (Wildman–Crippen LogP) is 0.911. The van der Waals surface area contributed by atoms with E-state index >= 15 is 0 Å². The first-order valence-electron chi connectivity index (χ1n) is 4.56. The van der Waals surface area contributed by atoms with Gasteiger partial charge in [-0.1, -0.05) is 13.0 Å². The van der Waals surface area contributed by atoms with Gasteiger partial charge in [-0.3, -0.25) is 0 Å². The molecule has 1 aliphatic heterocycles. The molecule has 1 aliphatic carbocycles. The second-order valence-corrected chi connectivity index (χ2v) is 3.32. The largest absolute Gasteiger partial charge is 0.372 e. The third kappa shape index (κ3) is 1.56. The Labute approximate surface area is 68.5 Å². The fourth-order valence-corrected chi connectivity index (χ4v) is 1.66. The molecule has 0 atom stereocenters. The highest BCUT2D eigenvalue weighted by molar-refractivity contribution is 5.20. The molecule has 62 valence electrons. The van der Waals surface area contributed by atoms with Crippen molar-refractivity contribution in [1.29, 1.82) is 0 Å². The smallest absolute Gasteiger partial charge is 0.0303 e. The highest BCUT2D eigenvalue weighted by Gasteiger charge is 2.20. The maximum atomic E-state index is 2.52. The lowest BCUT2D eigenvalue weighted by Crippen LogP contribution is -2.44. The molecule has 0 bridgehead atoms. The van der Waals surface area contributed by atoms with Gasteiger partial charge in [0.25, 0.3) is 0 Å². The van der Waals surface area contributed by atoms with Gasteiger partial charge in [-0.25, -0.2) is 0 Å². The molecule has 0 spiro atoms. The maximum Gasteiger partial charge on any atom is 0.0303 e. The molecule has 2 nitrogen and oxygen atoms in total. The predicted molar refractivity (Wildman–Crippen MR) is 46.4 cm³/mol. The molecule has 11 heavy (non-hydrogen) atoms.